The number of benzene rings is 2. The van der Waals surface area contributed by atoms with Crippen molar-refractivity contribution in [2.75, 3.05) is 11.9 Å². The predicted molar refractivity (Wildman–Crippen MR) is 123 cm³/mol. The van der Waals surface area contributed by atoms with Crippen molar-refractivity contribution in [2.24, 2.45) is 5.92 Å². The third-order valence-electron chi connectivity index (χ3n) is 6.99. The van der Waals surface area contributed by atoms with Crippen LogP contribution < -0.4 is 15.4 Å². The molecule has 3 aliphatic rings. The maximum atomic E-state index is 12.6. The summed E-state index contributed by atoms with van der Waals surface area (Å²) < 4.78 is 12.2. The van der Waals surface area contributed by atoms with Gasteiger partial charge in [0.15, 0.2) is 0 Å². The Kier molecular flexibility index (Phi) is 6.33. The van der Waals surface area contributed by atoms with Gasteiger partial charge in [-0.05, 0) is 43.0 Å². The minimum Gasteiger partial charge on any atom is -0.487 e. The molecule has 7 nitrogen and oxygen atoms in total. The summed E-state index contributed by atoms with van der Waals surface area (Å²) in [5.74, 6) is 0.855. The van der Waals surface area contributed by atoms with Crippen LogP contribution in [0.3, 0.4) is 0 Å². The van der Waals surface area contributed by atoms with Crippen molar-refractivity contribution >= 4 is 17.5 Å². The molecule has 4 atom stereocenters. The van der Waals surface area contributed by atoms with Gasteiger partial charge in [0, 0.05) is 29.6 Å². The van der Waals surface area contributed by atoms with E-state index in [0.29, 0.717) is 13.0 Å². The number of carbonyl (C=O) groups is 2. The number of amides is 2. The number of ether oxygens (including phenoxy) is 2. The Bertz CT molecular complexity index is 1010. The van der Waals surface area contributed by atoms with Gasteiger partial charge in [-0.1, -0.05) is 36.8 Å². The lowest BCUT2D eigenvalue weighted by molar-refractivity contribution is -0.142. The molecule has 1 aliphatic carbocycles. The van der Waals surface area contributed by atoms with Gasteiger partial charge in [0.2, 0.25) is 11.8 Å². The largest absolute Gasteiger partial charge is 0.487 e. The van der Waals surface area contributed by atoms with Gasteiger partial charge in [0.25, 0.3) is 0 Å². The molecule has 2 aromatic rings. The van der Waals surface area contributed by atoms with Gasteiger partial charge in [0.05, 0.1) is 19.1 Å². The Morgan fingerprint density at radius 3 is 2.64 bits per heavy atom. The minimum absolute atomic E-state index is 0.00150. The van der Waals surface area contributed by atoms with Crippen LogP contribution in [0.1, 0.15) is 49.1 Å². The normalized spacial score (nSPS) is 25.8. The summed E-state index contributed by atoms with van der Waals surface area (Å²) >= 11 is 0. The van der Waals surface area contributed by atoms with Crippen molar-refractivity contribution in [1.29, 1.82) is 0 Å². The van der Waals surface area contributed by atoms with Crippen LogP contribution in [0.25, 0.3) is 0 Å². The number of anilines is 1. The molecular weight excluding hydrogens is 420 g/mol. The SMILES string of the molecule is O=C(C[C@@H]1C[C@H]2c3cc(NC(=O)C4CCC4)ccc3O[C@H]2[C@H](CO)O1)NCc1ccccc1. The maximum absolute atomic E-state index is 12.6. The van der Waals surface area contributed by atoms with E-state index in [4.69, 9.17) is 9.47 Å². The van der Waals surface area contributed by atoms with E-state index in [1.165, 1.54) is 0 Å². The Morgan fingerprint density at radius 2 is 1.91 bits per heavy atom. The van der Waals surface area contributed by atoms with E-state index in [2.05, 4.69) is 10.6 Å². The molecule has 2 heterocycles. The Balaban J connectivity index is 1.25. The third kappa shape index (κ3) is 4.75. The molecule has 0 bridgehead atoms. The van der Waals surface area contributed by atoms with E-state index in [9.17, 15) is 14.7 Å². The second-order valence-electron chi connectivity index (χ2n) is 9.24. The number of carbonyl (C=O) groups excluding carboxylic acids is 2. The van der Waals surface area contributed by atoms with Gasteiger partial charge < -0.3 is 25.2 Å². The highest BCUT2D eigenvalue weighted by Gasteiger charge is 2.46. The molecule has 1 saturated carbocycles. The molecule has 2 aromatic carbocycles. The van der Waals surface area contributed by atoms with Crippen molar-refractivity contribution in [3.05, 3.63) is 59.7 Å². The molecule has 5 rings (SSSR count). The molecule has 33 heavy (non-hydrogen) atoms. The highest BCUT2D eigenvalue weighted by Crippen LogP contribution is 2.47. The van der Waals surface area contributed by atoms with Crippen LogP contribution in [0.2, 0.25) is 0 Å². The topological polar surface area (TPSA) is 96.9 Å². The molecule has 1 saturated heterocycles. The number of nitrogens with one attached hydrogen (secondary N) is 2. The van der Waals surface area contributed by atoms with Crippen molar-refractivity contribution in [3.8, 4) is 5.75 Å². The van der Waals surface area contributed by atoms with Gasteiger partial charge in [-0.2, -0.15) is 0 Å². The summed E-state index contributed by atoms with van der Waals surface area (Å²) in [4.78, 5) is 24.9. The smallest absolute Gasteiger partial charge is 0.227 e. The van der Waals surface area contributed by atoms with E-state index < -0.39 is 6.10 Å². The molecule has 0 spiro atoms. The number of hydrogen-bond acceptors (Lipinski definition) is 5. The molecule has 174 valence electrons. The van der Waals surface area contributed by atoms with Crippen LogP contribution in [-0.2, 0) is 20.9 Å². The van der Waals surface area contributed by atoms with Crippen LogP contribution in [0.15, 0.2) is 48.5 Å². The van der Waals surface area contributed by atoms with E-state index in [0.717, 1.165) is 41.8 Å². The number of hydrogen-bond donors (Lipinski definition) is 3. The van der Waals surface area contributed by atoms with Crippen molar-refractivity contribution in [2.45, 2.75) is 62.9 Å². The first kappa shape index (κ1) is 21.9. The second-order valence-corrected chi connectivity index (χ2v) is 9.24. The second kappa shape index (κ2) is 9.53. The third-order valence-corrected chi connectivity index (χ3v) is 6.99. The quantitative estimate of drug-likeness (QED) is 0.602. The van der Waals surface area contributed by atoms with Gasteiger partial charge in [0.1, 0.15) is 18.0 Å². The monoisotopic (exact) mass is 450 g/mol. The summed E-state index contributed by atoms with van der Waals surface area (Å²) in [5, 5.41) is 15.9. The lowest BCUT2D eigenvalue weighted by Gasteiger charge is -2.37. The van der Waals surface area contributed by atoms with Crippen molar-refractivity contribution in [1.82, 2.24) is 5.32 Å². The Morgan fingerprint density at radius 1 is 1.09 bits per heavy atom. The zero-order valence-corrected chi connectivity index (χ0v) is 18.5. The molecule has 2 aliphatic heterocycles. The molecular formula is C26H30N2O5. The van der Waals surface area contributed by atoms with E-state index >= 15 is 0 Å². The first-order valence-corrected chi connectivity index (χ1v) is 11.8. The highest BCUT2D eigenvalue weighted by atomic mass is 16.6. The molecule has 3 N–H and O–H groups in total. The molecule has 0 unspecified atom stereocenters. The number of rotatable bonds is 7. The number of aliphatic hydroxyl groups excluding tert-OH is 1. The fourth-order valence-electron chi connectivity index (χ4n) is 4.96. The molecule has 7 heteroatoms. The van der Waals surface area contributed by atoms with Gasteiger partial charge in [-0.15, -0.1) is 0 Å². The summed E-state index contributed by atoms with van der Waals surface area (Å²) in [5.41, 5.74) is 2.81. The van der Waals surface area contributed by atoms with Crippen LogP contribution in [0, 0.1) is 5.92 Å². The summed E-state index contributed by atoms with van der Waals surface area (Å²) in [6.07, 6.45) is 2.74. The lowest BCUT2D eigenvalue weighted by Crippen LogP contribution is -2.47. The molecule has 0 aromatic heterocycles. The Labute approximate surface area is 193 Å². The van der Waals surface area contributed by atoms with E-state index in [1.54, 1.807) is 0 Å². The van der Waals surface area contributed by atoms with Gasteiger partial charge in [-0.3, -0.25) is 9.59 Å². The first-order valence-electron chi connectivity index (χ1n) is 11.8. The average molecular weight is 451 g/mol. The molecule has 2 amide bonds. The van der Waals surface area contributed by atoms with Crippen molar-refractivity contribution < 1.29 is 24.2 Å². The zero-order chi connectivity index (χ0) is 22.8. The first-order chi connectivity index (χ1) is 16.1. The summed E-state index contributed by atoms with van der Waals surface area (Å²) in [6.45, 7) is 0.292. The Hall–Kier alpha value is -2.90. The van der Waals surface area contributed by atoms with Gasteiger partial charge in [-0.25, -0.2) is 0 Å². The number of fused-ring (bicyclic) bond motifs is 3. The van der Waals surface area contributed by atoms with Gasteiger partial charge >= 0.3 is 0 Å². The van der Waals surface area contributed by atoms with Crippen LogP contribution in [-0.4, -0.2) is 41.8 Å². The highest BCUT2D eigenvalue weighted by molar-refractivity contribution is 5.93. The van der Waals surface area contributed by atoms with E-state index in [-0.39, 0.29) is 48.9 Å². The van der Waals surface area contributed by atoms with Crippen LogP contribution >= 0.6 is 0 Å². The lowest BCUT2D eigenvalue weighted by atomic mass is 9.83. The summed E-state index contributed by atoms with van der Waals surface area (Å²) in [6, 6.07) is 15.5. The van der Waals surface area contributed by atoms with E-state index in [1.807, 2.05) is 48.5 Å². The standard InChI is InChI=1S/C26H30N2O5/c29-15-23-25-21(12-19(32-23)13-24(30)27-14-16-5-2-1-3-6-16)20-11-18(9-10-22(20)33-25)28-26(31)17-7-4-8-17/h1-3,5-6,9-11,17,19,21,23,25,29H,4,7-8,12-15H2,(H,27,30)(H,28,31)/t19-,21-,23-,25+/m0/s1. The minimum atomic E-state index is -0.504. The van der Waals surface area contributed by atoms with Crippen molar-refractivity contribution in [3.63, 3.8) is 0 Å². The van der Waals surface area contributed by atoms with Crippen LogP contribution in [0.4, 0.5) is 5.69 Å². The fraction of sp³-hybridized carbons (Fsp3) is 0.462. The molecule has 2 fully saturated rings. The number of aliphatic hydroxyl groups is 1. The maximum Gasteiger partial charge on any atom is 0.227 e. The fourth-order valence-corrected chi connectivity index (χ4v) is 4.96. The zero-order valence-electron chi connectivity index (χ0n) is 18.5. The average Bonchev–Trinajstić information content (AvgIpc) is 3.14. The van der Waals surface area contributed by atoms with Crippen LogP contribution in [0.5, 0.6) is 5.75 Å². The summed E-state index contributed by atoms with van der Waals surface area (Å²) in [7, 11) is 0. The molecule has 0 radical (unpaired) electrons. The predicted octanol–water partition coefficient (Wildman–Crippen LogP) is 3.13.